The Hall–Kier alpha value is -1.11. The minimum Gasteiger partial charge on any atom is -0.348 e. The lowest BCUT2D eigenvalue weighted by Crippen LogP contribution is -2.39. The average Bonchev–Trinajstić information content (AvgIpc) is 2.39. The first-order chi connectivity index (χ1) is 9.26. The van der Waals surface area contributed by atoms with Gasteiger partial charge in [-0.25, -0.2) is 8.42 Å². The lowest BCUT2D eigenvalue weighted by Gasteiger charge is -2.18. The molecule has 0 radical (unpaired) electrons. The fourth-order valence-corrected chi connectivity index (χ4v) is 2.52. The smallest absolute Gasteiger partial charge is 0.235 e. The van der Waals surface area contributed by atoms with E-state index in [9.17, 15) is 13.2 Å². The van der Waals surface area contributed by atoms with Crippen LogP contribution in [0.4, 0.5) is 0 Å². The summed E-state index contributed by atoms with van der Waals surface area (Å²) < 4.78 is 24.2. The summed E-state index contributed by atoms with van der Waals surface area (Å²) in [5.74, 6) is -0.365. The zero-order valence-electron chi connectivity index (χ0n) is 11.8. The van der Waals surface area contributed by atoms with Gasteiger partial charge in [0.15, 0.2) is 0 Å². The molecular weight excluding hydrogens is 300 g/mol. The van der Waals surface area contributed by atoms with Gasteiger partial charge in [0.05, 0.1) is 18.3 Å². The molecule has 0 spiro atoms. The molecule has 0 fully saturated rings. The number of nitrogens with zero attached hydrogens (tertiary/aromatic N) is 1. The second-order valence-electron chi connectivity index (χ2n) is 4.50. The molecule has 20 heavy (non-hydrogen) atoms. The first-order valence-corrected chi connectivity index (χ1v) is 8.23. The summed E-state index contributed by atoms with van der Waals surface area (Å²) in [5, 5.41) is 3.38. The van der Waals surface area contributed by atoms with E-state index in [-0.39, 0.29) is 24.2 Å². The lowest BCUT2D eigenvalue weighted by atomic mass is 10.1. The van der Waals surface area contributed by atoms with Crippen LogP contribution >= 0.6 is 11.6 Å². The van der Waals surface area contributed by atoms with Gasteiger partial charge in [0.25, 0.3) is 0 Å². The van der Waals surface area contributed by atoms with Crippen LogP contribution in [0.25, 0.3) is 0 Å². The van der Waals surface area contributed by atoms with E-state index in [1.807, 2.05) is 19.1 Å². The summed E-state index contributed by atoms with van der Waals surface area (Å²) in [6.07, 6.45) is 0. The summed E-state index contributed by atoms with van der Waals surface area (Å²) in [4.78, 5) is 11.8. The Labute approximate surface area is 125 Å². The molecule has 0 bridgehead atoms. The second kappa shape index (κ2) is 7.06. The van der Waals surface area contributed by atoms with Crippen LogP contribution in [-0.2, 0) is 14.8 Å². The zero-order valence-corrected chi connectivity index (χ0v) is 13.3. The number of likely N-dealkylation sites (N-methyl/N-ethyl adjacent to an activating group) is 1. The highest BCUT2D eigenvalue weighted by molar-refractivity contribution is 7.89. The molecule has 1 N–H and O–H groups in total. The van der Waals surface area contributed by atoms with Gasteiger partial charge in [0.1, 0.15) is 0 Å². The third-order valence-corrected chi connectivity index (χ3v) is 5.01. The molecule has 0 unspecified atom stereocenters. The minimum absolute atomic E-state index is 0.0243. The van der Waals surface area contributed by atoms with Crippen molar-refractivity contribution in [1.82, 2.24) is 9.62 Å². The zero-order chi connectivity index (χ0) is 15.3. The largest absolute Gasteiger partial charge is 0.348 e. The Morgan fingerprint density at radius 3 is 2.40 bits per heavy atom. The van der Waals surface area contributed by atoms with Gasteiger partial charge in [-0.05, 0) is 31.5 Å². The van der Waals surface area contributed by atoms with E-state index < -0.39 is 10.0 Å². The molecule has 7 heteroatoms. The van der Waals surface area contributed by atoms with Gasteiger partial charge in [-0.15, -0.1) is 0 Å². The predicted octanol–water partition coefficient (Wildman–Crippen LogP) is 1.80. The van der Waals surface area contributed by atoms with E-state index in [1.165, 1.54) is 7.05 Å². The van der Waals surface area contributed by atoms with Crippen molar-refractivity contribution in [2.75, 3.05) is 19.3 Å². The van der Waals surface area contributed by atoms with Crippen LogP contribution < -0.4 is 5.32 Å². The molecule has 0 aliphatic rings. The molecule has 112 valence electrons. The molecule has 1 rings (SSSR count). The third kappa shape index (κ3) is 4.77. The number of benzene rings is 1. The van der Waals surface area contributed by atoms with Crippen molar-refractivity contribution in [1.29, 1.82) is 0 Å². The molecule has 0 aromatic heterocycles. The molecule has 1 amide bonds. The van der Waals surface area contributed by atoms with Crippen LogP contribution in [-0.4, -0.2) is 38.0 Å². The molecule has 1 aromatic rings. The van der Waals surface area contributed by atoms with E-state index in [4.69, 9.17) is 11.6 Å². The number of nitrogens with one attached hydrogen (secondary N) is 1. The summed E-state index contributed by atoms with van der Waals surface area (Å²) >= 11 is 5.80. The van der Waals surface area contributed by atoms with Crippen molar-refractivity contribution in [3.05, 3.63) is 34.9 Å². The number of carbonyl (C=O) groups excluding carboxylic acids is 1. The summed E-state index contributed by atoms with van der Waals surface area (Å²) in [7, 11) is -1.95. The number of rotatable bonds is 6. The molecule has 0 saturated heterocycles. The van der Waals surface area contributed by atoms with Crippen molar-refractivity contribution in [2.45, 2.75) is 19.9 Å². The Morgan fingerprint density at radius 1 is 1.35 bits per heavy atom. The van der Waals surface area contributed by atoms with Gasteiger partial charge >= 0.3 is 0 Å². The fraction of sp³-hybridized carbons (Fsp3) is 0.462. The quantitative estimate of drug-likeness (QED) is 0.869. The molecule has 0 saturated carbocycles. The van der Waals surface area contributed by atoms with Crippen molar-refractivity contribution >= 4 is 27.5 Å². The molecule has 1 aromatic carbocycles. The predicted molar refractivity (Wildman–Crippen MR) is 80.1 cm³/mol. The van der Waals surface area contributed by atoms with Crippen molar-refractivity contribution in [3.63, 3.8) is 0 Å². The van der Waals surface area contributed by atoms with Gasteiger partial charge in [0.2, 0.25) is 15.9 Å². The van der Waals surface area contributed by atoms with Gasteiger partial charge in [-0.1, -0.05) is 23.7 Å². The maximum absolute atomic E-state index is 11.8. The highest BCUT2D eigenvalue weighted by atomic mass is 35.5. The van der Waals surface area contributed by atoms with E-state index in [0.29, 0.717) is 5.02 Å². The molecule has 0 aliphatic heterocycles. The first kappa shape index (κ1) is 16.9. The Kier molecular flexibility index (Phi) is 5.98. The van der Waals surface area contributed by atoms with Crippen LogP contribution in [0.5, 0.6) is 0 Å². The maximum atomic E-state index is 11.8. The highest BCUT2D eigenvalue weighted by Gasteiger charge is 2.19. The second-order valence-corrected chi connectivity index (χ2v) is 7.30. The van der Waals surface area contributed by atoms with Gasteiger partial charge < -0.3 is 5.32 Å². The van der Waals surface area contributed by atoms with Gasteiger partial charge in [-0.2, -0.15) is 4.31 Å². The number of hydrogen-bond acceptors (Lipinski definition) is 3. The summed E-state index contributed by atoms with van der Waals surface area (Å²) in [5.41, 5.74) is 0.906. The highest BCUT2D eigenvalue weighted by Crippen LogP contribution is 2.15. The summed E-state index contributed by atoms with van der Waals surface area (Å²) in [6, 6.07) is 6.91. The standard InChI is InChI=1S/C13H19ClN2O3S/c1-4-20(18,19)16(3)9-13(17)15-10(2)11-5-7-12(14)8-6-11/h5-8,10H,4,9H2,1-3H3,(H,15,17)/t10-/m0/s1. The van der Waals surface area contributed by atoms with Gasteiger partial charge in [0, 0.05) is 12.1 Å². The topological polar surface area (TPSA) is 66.5 Å². The molecule has 1 atom stereocenters. The molecule has 0 aliphatic carbocycles. The van der Waals surface area contributed by atoms with E-state index in [2.05, 4.69) is 5.32 Å². The minimum atomic E-state index is -3.34. The van der Waals surface area contributed by atoms with E-state index in [1.54, 1.807) is 19.1 Å². The number of halogens is 1. The number of carbonyl (C=O) groups is 1. The van der Waals surface area contributed by atoms with E-state index >= 15 is 0 Å². The van der Waals surface area contributed by atoms with Crippen molar-refractivity contribution < 1.29 is 13.2 Å². The van der Waals surface area contributed by atoms with Gasteiger partial charge in [-0.3, -0.25) is 4.79 Å². The average molecular weight is 319 g/mol. The lowest BCUT2D eigenvalue weighted by molar-refractivity contribution is -0.121. The van der Waals surface area contributed by atoms with E-state index in [0.717, 1.165) is 9.87 Å². The number of hydrogen-bond donors (Lipinski definition) is 1. The molecule has 0 heterocycles. The monoisotopic (exact) mass is 318 g/mol. The number of sulfonamides is 1. The number of amides is 1. The Balaban J connectivity index is 2.60. The normalized spacial score (nSPS) is 13.2. The first-order valence-electron chi connectivity index (χ1n) is 6.25. The van der Waals surface area contributed by atoms with Crippen molar-refractivity contribution in [3.8, 4) is 0 Å². The fourth-order valence-electron chi connectivity index (χ4n) is 1.64. The Bertz CT molecular complexity index is 557. The van der Waals surface area contributed by atoms with Crippen LogP contribution in [0.15, 0.2) is 24.3 Å². The third-order valence-electron chi connectivity index (χ3n) is 2.95. The van der Waals surface area contributed by atoms with Crippen LogP contribution in [0.3, 0.4) is 0 Å². The summed E-state index contributed by atoms with van der Waals surface area (Å²) in [6.45, 7) is 3.18. The van der Waals surface area contributed by atoms with Crippen LogP contribution in [0.2, 0.25) is 5.02 Å². The van der Waals surface area contributed by atoms with Crippen molar-refractivity contribution in [2.24, 2.45) is 0 Å². The molecule has 5 nitrogen and oxygen atoms in total. The Morgan fingerprint density at radius 2 is 1.90 bits per heavy atom. The van der Waals surface area contributed by atoms with Crippen LogP contribution in [0, 0.1) is 0 Å². The SMILES string of the molecule is CCS(=O)(=O)N(C)CC(=O)N[C@@H](C)c1ccc(Cl)cc1. The maximum Gasteiger partial charge on any atom is 0.235 e. The van der Waals surface area contributed by atoms with Crippen LogP contribution in [0.1, 0.15) is 25.5 Å². The molecular formula is C13H19ClN2O3S.